The van der Waals surface area contributed by atoms with E-state index in [0.29, 0.717) is 32.6 Å². The van der Waals surface area contributed by atoms with Crippen molar-refractivity contribution in [1.82, 2.24) is 15.1 Å². The standard InChI is InChI=1S/C19H24F3N3O3.ClH/c20-19(21,22)14-6-1-2-8-16(14)28-13-10-23-9-3-4-11-25-17(26)15-7-5-12-24(15)18(25)27;/h1-2,6,8,15,23H,3-5,7,9-13H2;1H. The largest absolute Gasteiger partial charge is 0.492 e. The van der Waals surface area contributed by atoms with Crippen LogP contribution in [0, 0.1) is 0 Å². The van der Waals surface area contributed by atoms with Gasteiger partial charge in [0.15, 0.2) is 0 Å². The number of unbranched alkanes of at least 4 members (excludes halogenated alkanes) is 1. The van der Waals surface area contributed by atoms with Crippen LogP contribution >= 0.6 is 12.4 Å². The Balaban J connectivity index is 0.00000300. The molecule has 3 amide bonds. The Kier molecular flexibility index (Phi) is 8.15. The summed E-state index contributed by atoms with van der Waals surface area (Å²) in [5, 5.41) is 3.10. The highest BCUT2D eigenvalue weighted by molar-refractivity contribution is 6.04. The molecule has 0 spiro atoms. The third-order valence-electron chi connectivity index (χ3n) is 4.99. The minimum atomic E-state index is -4.44. The summed E-state index contributed by atoms with van der Waals surface area (Å²) in [6, 6.07) is 4.68. The Morgan fingerprint density at radius 2 is 1.90 bits per heavy atom. The molecule has 0 aliphatic carbocycles. The molecule has 1 atom stereocenters. The Bertz CT molecular complexity index is 695. The lowest BCUT2D eigenvalue weighted by Crippen LogP contribution is -2.34. The number of urea groups is 1. The first-order valence-corrected chi connectivity index (χ1v) is 9.51. The van der Waals surface area contributed by atoms with Gasteiger partial charge in [-0.3, -0.25) is 9.69 Å². The van der Waals surface area contributed by atoms with E-state index in [1.807, 2.05) is 0 Å². The maximum atomic E-state index is 12.9. The molecule has 6 nitrogen and oxygen atoms in total. The second-order valence-electron chi connectivity index (χ2n) is 6.92. The summed E-state index contributed by atoms with van der Waals surface area (Å²) in [5.41, 5.74) is -0.782. The molecule has 162 valence electrons. The number of hydrogen-bond donors (Lipinski definition) is 1. The normalized spacial score (nSPS) is 18.8. The number of rotatable bonds is 9. The summed E-state index contributed by atoms with van der Waals surface area (Å²) in [6.07, 6.45) is -1.37. The number of para-hydroxylation sites is 1. The van der Waals surface area contributed by atoms with E-state index in [4.69, 9.17) is 4.74 Å². The molecule has 0 saturated carbocycles. The molecule has 1 aromatic carbocycles. The van der Waals surface area contributed by atoms with Gasteiger partial charge in [0, 0.05) is 19.6 Å². The van der Waals surface area contributed by atoms with Crippen LogP contribution in [0.1, 0.15) is 31.2 Å². The number of carbonyl (C=O) groups excluding carboxylic acids is 2. The summed E-state index contributed by atoms with van der Waals surface area (Å²) in [6.45, 7) is 2.22. The van der Waals surface area contributed by atoms with Crippen LogP contribution in [0.2, 0.25) is 0 Å². The summed E-state index contributed by atoms with van der Waals surface area (Å²) < 4.78 is 43.8. The van der Waals surface area contributed by atoms with Crippen LogP contribution in [0.5, 0.6) is 5.75 Å². The van der Waals surface area contributed by atoms with Crippen molar-refractivity contribution >= 4 is 24.3 Å². The molecule has 2 fully saturated rings. The molecule has 0 aromatic heterocycles. The lowest BCUT2D eigenvalue weighted by Gasteiger charge is -2.15. The van der Waals surface area contributed by atoms with Crippen molar-refractivity contribution in [1.29, 1.82) is 0 Å². The second kappa shape index (κ2) is 10.2. The predicted octanol–water partition coefficient (Wildman–Crippen LogP) is 3.30. The van der Waals surface area contributed by atoms with Crippen molar-refractivity contribution < 1.29 is 27.5 Å². The first kappa shape index (κ1) is 23.3. The zero-order valence-electron chi connectivity index (χ0n) is 15.9. The highest BCUT2D eigenvalue weighted by Crippen LogP contribution is 2.35. The number of alkyl halides is 3. The van der Waals surface area contributed by atoms with Crippen LogP contribution in [-0.4, -0.2) is 60.6 Å². The fourth-order valence-electron chi connectivity index (χ4n) is 3.59. The zero-order chi connectivity index (χ0) is 20.1. The first-order valence-electron chi connectivity index (χ1n) is 9.51. The van der Waals surface area contributed by atoms with Crippen LogP contribution in [0.4, 0.5) is 18.0 Å². The molecule has 2 heterocycles. The summed E-state index contributed by atoms with van der Waals surface area (Å²) in [7, 11) is 0. The van der Waals surface area contributed by atoms with E-state index in [1.54, 1.807) is 4.90 Å². The van der Waals surface area contributed by atoms with Crippen molar-refractivity contribution in [2.45, 2.75) is 37.9 Å². The number of nitrogens with one attached hydrogen (secondary N) is 1. The molecule has 3 rings (SSSR count). The van der Waals surface area contributed by atoms with Gasteiger partial charge in [-0.15, -0.1) is 12.4 Å². The molecule has 29 heavy (non-hydrogen) atoms. The average Bonchev–Trinajstić information content (AvgIpc) is 3.22. The monoisotopic (exact) mass is 435 g/mol. The summed E-state index contributed by atoms with van der Waals surface area (Å²) in [4.78, 5) is 27.3. The fourth-order valence-corrected chi connectivity index (χ4v) is 3.59. The molecule has 2 aliphatic heterocycles. The molecule has 2 aliphatic rings. The topological polar surface area (TPSA) is 61.9 Å². The number of hydrogen-bond acceptors (Lipinski definition) is 4. The predicted molar refractivity (Wildman–Crippen MR) is 103 cm³/mol. The van der Waals surface area contributed by atoms with Gasteiger partial charge in [0.05, 0.1) is 5.56 Å². The fraction of sp³-hybridized carbons (Fsp3) is 0.579. The van der Waals surface area contributed by atoms with Crippen molar-refractivity contribution in [3.63, 3.8) is 0 Å². The summed E-state index contributed by atoms with van der Waals surface area (Å²) in [5.74, 6) is -0.268. The van der Waals surface area contributed by atoms with E-state index in [2.05, 4.69) is 5.32 Å². The molecular formula is C19H25ClF3N3O3. The molecule has 0 bridgehead atoms. The van der Waals surface area contributed by atoms with E-state index in [9.17, 15) is 22.8 Å². The van der Waals surface area contributed by atoms with Crippen LogP contribution in [0.25, 0.3) is 0 Å². The molecule has 1 N–H and O–H groups in total. The first-order chi connectivity index (χ1) is 13.4. The van der Waals surface area contributed by atoms with Gasteiger partial charge < -0.3 is 15.0 Å². The van der Waals surface area contributed by atoms with E-state index in [-0.39, 0.29) is 42.7 Å². The molecule has 10 heteroatoms. The average molecular weight is 436 g/mol. The lowest BCUT2D eigenvalue weighted by molar-refractivity contribution is -0.139. The van der Waals surface area contributed by atoms with Gasteiger partial charge in [0.25, 0.3) is 5.91 Å². The SMILES string of the molecule is Cl.O=C1C2CCCN2C(=O)N1CCCCNCCOc1ccccc1C(F)(F)F. The Hall–Kier alpha value is -2.00. The van der Waals surface area contributed by atoms with Crippen molar-refractivity contribution in [2.24, 2.45) is 0 Å². The highest BCUT2D eigenvalue weighted by atomic mass is 35.5. The number of benzene rings is 1. The number of nitrogens with zero attached hydrogens (tertiary/aromatic N) is 2. The maximum absolute atomic E-state index is 12.9. The third kappa shape index (κ3) is 5.54. The Morgan fingerprint density at radius 3 is 2.62 bits per heavy atom. The molecular weight excluding hydrogens is 411 g/mol. The van der Waals surface area contributed by atoms with Crippen LogP contribution in [0.15, 0.2) is 24.3 Å². The maximum Gasteiger partial charge on any atom is 0.419 e. The van der Waals surface area contributed by atoms with Crippen molar-refractivity contribution in [3.05, 3.63) is 29.8 Å². The number of fused-ring (bicyclic) bond motifs is 1. The number of carbonyl (C=O) groups is 2. The second-order valence-corrected chi connectivity index (χ2v) is 6.92. The third-order valence-corrected chi connectivity index (χ3v) is 4.99. The van der Waals surface area contributed by atoms with Gasteiger partial charge in [-0.25, -0.2) is 4.79 Å². The van der Waals surface area contributed by atoms with Crippen LogP contribution in [0.3, 0.4) is 0 Å². The minimum Gasteiger partial charge on any atom is -0.492 e. The van der Waals surface area contributed by atoms with Crippen LogP contribution < -0.4 is 10.1 Å². The molecule has 1 unspecified atom stereocenters. The minimum absolute atomic E-state index is 0. The van der Waals surface area contributed by atoms with Gasteiger partial charge in [-0.05, 0) is 44.4 Å². The van der Waals surface area contributed by atoms with Gasteiger partial charge in [0.1, 0.15) is 18.4 Å². The van der Waals surface area contributed by atoms with Gasteiger partial charge in [0.2, 0.25) is 0 Å². The van der Waals surface area contributed by atoms with Gasteiger partial charge >= 0.3 is 12.2 Å². The Labute approximate surface area is 173 Å². The quantitative estimate of drug-likeness (QED) is 0.477. The van der Waals surface area contributed by atoms with Gasteiger partial charge in [-0.1, -0.05) is 12.1 Å². The molecule has 1 aromatic rings. The van der Waals surface area contributed by atoms with E-state index in [0.717, 1.165) is 25.3 Å². The van der Waals surface area contributed by atoms with Gasteiger partial charge in [-0.2, -0.15) is 13.2 Å². The number of halogens is 4. The van der Waals surface area contributed by atoms with E-state index >= 15 is 0 Å². The van der Waals surface area contributed by atoms with Crippen molar-refractivity contribution in [3.8, 4) is 5.75 Å². The molecule has 2 saturated heterocycles. The van der Waals surface area contributed by atoms with E-state index in [1.165, 1.54) is 23.1 Å². The zero-order valence-corrected chi connectivity index (χ0v) is 16.7. The lowest BCUT2D eigenvalue weighted by atomic mass is 10.2. The van der Waals surface area contributed by atoms with Crippen LogP contribution in [-0.2, 0) is 11.0 Å². The highest BCUT2D eigenvalue weighted by Gasteiger charge is 2.46. The number of amides is 3. The van der Waals surface area contributed by atoms with Crippen molar-refractivity contribution in [2.75, 3.05) is 32.8 Å². The Morgan fingerprint density at radius 1 is 1.14 bits per heavy atom. The number of ether oxygens (including phenoxy) is 1. The number of imide groups is 1. The summed E-state index contributed by atoms with van der Waals surface area (Å²) >= 11 is 0. The molecule has 0 radical (unpaired) electrons. The van der Waals surface area contributed by atoms with E-state index < -0.39 is 11.7 Å². The smallest absolute Gasteiger partial charge is 0.419 e.